The third-order valence-electron chi connectivity index (χ3n) is 0.919. The zero-order valence-corrected chi connectivity index (χ0v) is 5.16. The van der Waals surface area contributed by atoms with Gasteiger partial charge >= 0.3 is 11.9 Å². The molecule has 0 bridgehead atoms. The summed E-state index contributed by atoms with van der Waals surface area (Å²) in [5.41, 5.74) is -0.447. The van der Waals surface area contributed by atoms with Crippen molar-refractivity contribution in [2.75, 3.05) is 0 Å². The smallest absolute Gasteiger partial charge is 0.362 e. The molecule has 54 valence electrons. The predicted molar refractivity (Wildman–Crippen MR) is 29.9 cm³/mol. The lowest BCUT2D eigenvalue weighted by molar-refractivity contribution is 0.0685. The molecule has 0 aliphatic heterocycles. The molecule has 0 amide bonds. The minimum atomic E-state index is -1.30. The Morgan fingerprint density at radius 3 is 2.50 bits per heavy atom. The van der Waals surface area contributed by atoms with Crippen LogP contribution in [0, 0.1) is 6.92 Å². The molecule has 1 aromatic rings. The molecule has 0 unspecified atom stereocenters. The molecule has 0 radical (unpaired) electrons. The van der Waals surface area contributed by atoms with Gasteiger partial charge in [-0.3, -0.25) is 0 Å². The summed E-state index contributed by atoms with van der Waals surface area (Å²) in [7, 11) is 0. The fourth-order valence-corrected chi connectivity index (χ4v) is 0.556. The Bertz CT molecular complexity index is 265. The monoisotopic (exact) mass is 143 g/mol. The van der Waals surface area contributed by atoms with Gasteiger partial charge in [0.05, 0.1) is 0 Å². The predicted octanol–water partition coefficient (Wildman–Crippen LogP) is 0.387. The molecular weight excluding hydrogens is 138 g/mol. The first-order valence-electron chi connectivity index (χ1n) is 2.51. The van der Waals surface area contributed by atoms with Gasteiger partial charge in [0.25, 0.3) is 0 Å². The van der Waals surface area contributed by atoms with E-state index in [1.165, 1.54) is 6.92 Å². The zero-order chi connectivity index (χ0) is 7.72. The Balaban J connectivity index is 3.15. The van der Waals surface area contributed by atoms with E-state index < -0.39 is 17.6 Å². The molecule has 5 nitrogen and oxygen atoms in total. The zero-order valence-electron chi connectivity index (χ0n) is 5.16. The standard InChI is InChI=1S/C5H5NO4/c1-2-6-3(4(7)8)5(9)10-2/h9H,1H3,(H,7,8). The van der Waals surface area contributed by atoms with E-state index >= 15 is 0 Å². The number of carboxylic acid groups (broad SMARTS) is 1. The minimum Gasteiger partial charge on any atom is -0.479 e. The van der Waals surface area contributed by atoms with Crippen LogP contribution in [0.1, 0.15) is 16.4 Å². The summed E-state index contributed by atoms with van der Waals surface area (Å²) in [6.45, 7) is 1.45. The summed E-state index contributed by atoms with van der Waals surface area (Å²) >= 11 is 0. The number of rotatable bonds is 1. The summed E-state index contributed by atoms with van der Waals surface area (Å²) in [6, 6.07) is 0. The molecule has 2 N–H and O–H groups in total. The molecule has 1 heterocycles. The number of aryl methyl sites for hydroxylation is 1. The van der Waals surface area contributed by atoms with Crippen LogP contribution < -0.4 is 0 Å². The highest BCUT2D eigenvalue weighted by molar-refractivity contribution is 5.87. The molecule has 0 atom stereocenters. The molecule has 0 aliphatic carbocycles. The molecule has 0 spiro atoms. The highest BCUT2D eigenvalue weighted by Gasteiger charge is 2.15. The summed E-state index contributed by atoms with van der Waals surface area (Å²) in [4.78, 5) is 13.5. The number of hydrogen-bond acceptors (Lipinski definition) is 4. The lowest BCUT2D eigenvalue weighted by Gasteiger charge is -1.81. The van der Waals surface area contributed by atoms with Crippen molar-refractivity contribution in [2.24, 2.45) is 0 Å². The van der Waals surface area contributed by atoms with Gasteiger partial charge in [-0.25, -0.2) is 9.78 Å². The lowest BCUT2D eigenvalue weighted by Crippen LogP contribution is -1.96. The van der Waals surface area contributed by atoms with E-state index in [-0.39, 0.29) is 5.89 Å². The van der Waals surface area contributed by atoms with Crippen LogP contribution in [0.5, 0.6) is 5.95 Å². The molecule has 0 saturated carbocycles. The normalized spacial score (nSPS) is 9.70. The van der Waals surface area contributed by atoms with Gasteiger partial charge in [0.1, 0.15) is 0 Å². The number of aromatic hydroxyl groups is 1. The Labute approximate surface area is 55.9 Å². The van der Waals surface area contributed by atoms with Crippen LogP contribution in [-0.2, 0) is 0 Å². The van der Waals surface area contributed by atoms with Crippen molar-refractivity contribution in [2.45, 2.75) is 6.92 Å². The second-order valence-corrected chi connectivity index (χ2v) is 1.69. The number of aromatic nitrogens is 1. The molecule has 1 aromatic heterocycles. The fourth-order valence-electron chi connectivity index (χ4n) is 0.556. The maximum Gasteiger partial charge on any atom is 0.362 e. The van der Waals surface area contributed by atoms with Crippen molar-refractivity contribution in [3.05, 3.63) is 11.6 Å². The van der Waals surface area contributed by atoms with Gasteiger partial charge in [-0.15, -0.1) is 0 Å². The van der Waals surface area contributed by atoms with Crippen LogP contribution in [0.2, 0.25) is 0 Å². The third-order valence-corrected chi connectivity index (χ3v) is 0.919. The molecule has 0 fully saturated rings. The van der Waals surface area contributed by atoms with Crippen LogP contribution in [0.15, 0.2) is 4.42 Å². The molecule has 1 rings (SSSR count). The van der Waals surface area contributed by atoms with E-state index in [4.69, 9.17) is 10.2 Å². The van der Waals surface area contributed by atoms with Crippen LogP contribution in [-0.4, -0.2) is 21.2 Å². The number of carboxylic acids is 1. The van der Waals surface area contributed by atoms with Gasteiger partial charge in [-0.05, 0) is 0 Å². The first-order valence-corrected chi connectivity index (χ1v) is 2.51. The summed E-state index contributed by atoms with van der Waals surface area (Å²) in [5.74, 6) is -1.81. The SMILES string of the molecule is Cc1nc(C(=O)O)c(O)o1. The molecule has 0 aromatic carbocycles. The van der Waals surface area contributed by atoms with Gasteiger partial charge in [0, 0.05) is 6.92 Å². The second kappa shape index (κ2) is 2.02. The van der Waals surface area contributed by atoms with E-state index in [0.717, 1.165) is 0 Å². The van der Waals surface area contributed by atoms with E-state index in [1.807, 2.05) is 0 Å². The van der Waals surface area contributed by atoms with Crippen molar-refractivity contribution in [1.82, 2.24) is 4.98 Å². The van der Waals surface area contributed by atoms with Crippen molar-refractivity contribution in [3.63, 3.8) is 0 Å². The molecule has 0 aliphatic rings. The number of oxazole rings is 1. The summed E-state index contributed by atoms with van der Waals surface area (Å²) in [5, 5.41) is 17.0. The van der Waals surface area contributed by atoms with Gasteiger partial charge in [-0.1, -0.05) is 0 Å². The first-order chi connectivity index (χ1) is 4.61. The van der Waals surface area contributed by atoms with Crippen molar-refractivity contribution < 1.29 is 19.4 Å². The number of hydrogen-bond donors (Lipinski definition) is 2. The fraction of sp³-hybridized carbons (Fsp3) is 0.200. The molecular formula is C5H5NO4. The minimum absolute atomic E-state index is 0.134. The van der Waals surface area contributed by atoms with Crippen molar-refractivity contribution >= 4 is 5.97 Å². The molecule has 10 heavy (non-hydrogen) atoms. The first kappa shape index (κ1) is 6.60. The van der Waals surface area contributed by atoms with Crippen LogP contribution >= 0.6 is 0 Å². The van der Waals surface area contributed by atoms with Crippen molar-refractivity contribution in [3.8, 4) is 5.95 Å². The van der Waals surface area contributed by atoms with Crippen LogP contribution in [0.4, 0.5) is 0 Å². The topological polar surface area (TPSA) is 83.6 Å². The Hall–Kier alpha value is -1.52. The average molecular weight is 143 g/mol. The molecule has 0 saturated heterocycles. The van der Waals surface area contributed by atoms with E-state index in [9.17, 15) is 4.79 Å². The Morgan fingerprint density at radius 1 is 1.70 bits per heavy atom. The van der Waals surface area contributed by atoms with Crippen LogP contribution in [0.25, 0.3) is 0 Å². The van der Waals surface area contributed by atoms with Crippen LogP contribution in [0.3, 0.4) is 0 Å². The quantitative estimate of drug-likeness (QED) is 0.593. The van der Waals surface area contributed by atoms with Gasteiger partial charge in [-0.2, -0.15) is 0 Å². The molecule has 5 heteroatoms. The Morgan fingerprint density at radius 2 is 2.30 bits per heavy atom. The van der Waals surface area contributed by atoms with E-state index in [1.54, 1.807) is 0 Å². The second-order valence-electron chi connectivity index (χ2n) is 1.69. The van der Waals surface area contributed by atoms with Gasteiger partial charge < -0.3 is 14.6 Å². The maximum absolute atomic E-state index is 10.2. The maximum atomic E-state index is 10.2. The van der Waals surface area contributed by atoms with E-state index in [2.05, 4.69) is 9.40 Å². The van der Waals surface area contributed by atoms with Gasteiger partial charge in [0.2, 0.25) is 5.69 Å². The average Bonchev–Trinajstić information content (AvgIpc) is 2.10. The summed E-state index contributed by atoms with van der Waals surface area (Å²) in [6.07, 6.45) is 0. The highest BCUT2D eigenvalue weighted by atomic mass is 16.5. The van der Waals surface area contributed by atoms with Crippen molar-refractivity contribution in [1.29, 1.82) is 0 Å². The Kier molecular flexibility index (Phi) is 1.33. The largest absolute Gasteiger partial charge is 0.479 e. The summed E-state index contributed by atoms with van der Waals surface area (Å²) < 4.78 is 4.44. The third kappa shape index (κ3) is 0.928. The number of nitrogens with zero attached hydrogens (tertiary/aromatic N) is 1. The highest BCUT2D eigenvalue weighted by Crippen LogP contribution is 2.16. The number of aromatic carboxylic acids is 1. The van der Waals surface area contributed by atoms with Gasteiger partial charge in [0.15, 0.2) is 5.89 Å². The lowest BCUT2D eigenvalue weighted by atomic mass is 10.5. The van der Waals surface area contributed by atoms with E-state index in [0.29, 0.717) is 0 Å². The number of carbonyl (C=O) groups is 1.